The van der Waals surface area contributed by atoms with Crippen molar-refractivity contribution in [2.24, 2.45) is 5.10 Å². The number of rotatable bonds is 4. The Morgan fingerprint density at radius 3 is 3.05 bits per heavy atom. The number of thiazole rings is 1. The molecular weight excluding hydrogens is 342 g/mol. The Morgan fingerprint density at radius 2 is 2.35 bits per heavy atom. The summed E-state index contributed by atoms with van der Waals surface area (Å²) >= 11 is 4.60. The van der Waals surface area contributed by atoms with Crippen molar-refractivity contribution in [3.63, 3.8) is 0 Å². The molecule has 0 atom stereocenters. The molecule has 0 fully saturated rings. The van der Waals surface area contributed by atoms with E-state index in [0.29, 0.717) is 15.7 Å². The van der Waals surface area contributed by atoms with Gasteiger partial charge in [0.2, 0.25) is 5.13 Å². The van der Waals surface area contributed by atoms with Crippen LogP contribution in [0.1, 0.15) is 20.9 Å². The van der Waals surface area contributed by atoms with Crippen LogP contribution in [-0.2, 0) is 4.74 Å². The monoisotopic (exact) mass is 353 g/mol. The molecule has 2 aromatic rings. The number of esters is 1. The van der Waals surface area contributed by atoms with Crippen molar-refractivity contribution in [1.82, 2.24) is 4.98 Å². The van der Waals surface area contributed by atoms with Crippen molar-refractivity contribution >= 4 is 44.6 Å². The predicted molar refractivity (Wildman–Crippen MR) is 83.5 cm³/mol. The van der Waals surface area contributed by atoms with Gasteiger partial charge in [-0.1, -0.05) is 39.4 Å². The minimum absolute atomic E-state index is 0.385. The first-order chi connectivity index (χ1) is 9.60. The van der Waals surface area contributed by atoms with Crippen LogP contribution in [-0.4, -0.2) is 24.3 Å². The van der Waals surface area contributed by atoms with Gasteiger partial charge in [0.25, 0.3) is 0 Å². The maximum Gasteiger partial charge on any atom is 0.350 e. The van der Waals surface area contributed by atoms with E-state index in [-0.39, 0.29) is 5.97 Å². The number of nitrogens with zero attached hydrogens (tertiary/aromatic N) is 2. The number of aryl methyl sites for hydroxylation is 1. The molecule has 0 saturated carbocycles. The fraction of sp³-hybridized carbons (Fsp3) is 0.154. The molecule has 0 radical (unpaired) electrons. The van der Waals surface area contributed by atoms with Gasteiger partial charge in [-0.15, -0.1) is 0 Å². The van der Waals surface area contributed by atoms with Gasteiger partial charge in [-0.05, 0) is 24.6 Å². The summed E-state index contributed by atoms with van der Waals surface area (Å²) in [6, 6.07) is 7.74. The number of methoxy groups -OCH3 is 1. The summed E-state index contributed by atoms with van der Waals surface area (Å²) in [7, 11) is 1.35. The van der Waals surface area contributed by atoms with Crippen LogP contribution in [0.15, 0.2) is 33.8 Å². The second kappa shape index (κ2) is 6.62. The Balaban J connectivity index is 2.06. The number of halogens is 1. The van der Waals surface area contributed by atoms with Crippen LogP contribution < -0.4 is 5.43 Å². The van der Waals surface area contributed by atoms with Crippen LogP contribution in [0.2, 0.25) is 0 Å². The number of hydrogen-bond donors (Lipinski definition) is 1. The normalized spacial score (nSPS) is 10.8. The maximum absolute atomic E-state index is 11.5. The lowest BCUT2D eigenvalue weighted by Gasteiger charge is -1.95. The molecule has 0 aliphatic heterocycles. The van der Waals surface area contributed by atoms with Crippen molar-refractivity contribution in [3.05, 3.63) is 44.9 Å². The van der Waals surface area contributed by atoms with Crippen molar-refractivity contribution in [3.8, 4) is 0 Å². The Hall–Kier alpha value is -1.73. The van der Waals surface area contributed by atoms with Crippen molar-refractivity contribution in [2.75, 3.05) is 12.5 Å². The molecule has 0 spiro atoms. The van der Waals surface area contributed by atoms with Gasteiger partial charge in [0.05, 0.1) is 19.0 Å². The van der Waals surface area contributed by atoms with E-state index in [0.717, 1.165) is 10.0 Å². The lowest BCUT2D eigenvalue weighted by molar-refractivity contribution is 0.0605. The Morgan fingerprint density at radius 1 is 1.55 bits per heavy atom. The number of benzene rings is 1. The quantitative estimate of drug-likeness (QED) is 0.519. The summed E-state index contributed by atoms with van der Waals surface area (Å²) in [4.78, 5) is 16.1. The molecule has 1 aromatic heterocycles. The zero-order valence-electron chi connectivity index (χ0n) is 10.9. The Bertz CT molecular complexity index is 655. The van der Waals surface area contributed by atoms with Gasteiger partial charge < -0.3 is 4.74 Å². The minimum atomic E-state index is -0.385. The summed E-state index contributed by atoms with van der Waals surface area (Å²) in [5.74, 6) is -0.385. The van der Waals surface area contributed by atoms with Crippen LogP contribution in [0.4, 0.5) is 5.13 Å². The number of nitrogens with one attached hydrogen (secondary N) is 1. The number of hydrogen-bond acceptors (Lipinski definition) is 6. The fourth-order valence-electron chi connectivity index (χ4n) is 1.48. The van der Waals surface area contributed by atoms with E-state index in [9.17, 15) is 4.79 Å². The number of aromatic nitrogens is 1. The van der Waals surface area contributed by atoms with Gasteiger partial charge in [0, 0.05) is 4.47 Å². The van der Waals surface area contributed by atoms with Crippen LogP contribution in [0.3, 0.4) is 0 Å². The van der Waals surface area contributed by atoms with E-state index < -0.39 is 0 Å². The van der Waals surface area contributed by atoms with E-state index in [2.05, 4.69) is 36.2 Å². The second-order valence-electron chi connectivity index (χ2n) is 3.85. The topological polar surface area (TPSA) is 63.6 Å². The molecule has 0 aliphatic rings. The molecular formula is C13H12BrN3O2S. The van der Waals surface area contributed by atoms with Gasteiger partial charge in [0.15, 0.2) is 0 Å². The maximum atomic E-state index is 11.5. The SMILES string of the molecule is COC(=O)c1sc(N/N=C/c2cccc(Br)c2)nc1C. The van der Waals surface area contributed by atoms with Gasteiger partial charge >= 0.3 is 5.97 Å². The lowest BCUT2D eigenvalue weighted by Crippen LogP contribution is -1.99. The molecule has 2 rings (SSSR count). The zero-order valence-corrected chi connectivity index (χ0v) is 13.3. The smallest absolute Gasteiger partial charge is 0.350 e. The van der Waals surface area contributed by atoms with Gasteiger partial charge in [-0.25, -0.2) is 9.78 Å². The summed E-state index contributed by atoms with van der Waals surface area (Å²) < 4.78 is 5.66. The average molecular weight is 354 g/mol. The Labute approximate surface area is 128 Å². The molecule has 1 heterocycles. The first-order valence-electron chi connectivity index (χ1n) is 5.70. The molecule has 1 aromatic carbocycles. The third-order valence-corrected chi connectivity index (χ3v) is 3.93. The van der Waals surface area contributed by atoms with Gasteiger partial charge in [-0.3, -0.25) is 5.43 Å². The van der Waals surface area contributed by atoms with Crippen molar-refractivity contribution in [2.45, 2.75) is 6.92 Å². The minimum Gasteiger partial charge on any atom is -0.465 e. The van der Waals surface area contributed by atoms with Gasteiger partial charge in [-0.2, -0.15) is 5.10 Å². The molecule has 0 aliphatic carbocycles. The largest absolute Gasteiger partial charge is 0.465 e. The lowest BCUT2D eigenvalue weighted by atomic mass is 10.2. The second-order valence-corrected chi connectivity index (χ2v) is 5.76. The van der Waals surface area contributed by atoms with Crippen LogP contribution in [0.5, 0.6) is 0 Å². The molecule has 0 unspecified atom stereocenters. The van der Waals surface area contributed by atoms with E-state index >= 15 is 0 Å². The average Bonchev–Trinajstić information content (AvgIpc) is 2.79. The third kappa shape index (κ3) is 3.64. The molecule has 0 bridgehead atoms. The highest BCUT2D eigenvalue weighted by Gasteiger charge is 2.15. The van der Waals surface area contributed by atoms with E-state index in [1.165, 1.54) is 18.4 Å². The number of carbonyl (C=O) groups excluding carboxylic acids is 1. The van der Waals surface area contributed by atoms with E-state index in [4.69, 9.17) is 0 Å². The fourth-order valence-corrected chi connectivity index (χ4v) is 2.73. The molecule has 1 N–H and O–H groups in total. The number of carbonyl (C=O) groups is 1. The summed E-state index contributed by atoms with van der Waals surface area (Å²) in [6.45, 7) is 1.76. The number of hydrazone groups is 1. The Kier molecular flexibility index (Phi) is 4.86. The van der Waals surface area contributed by atoms with E-state index in [1.807, 2.05) is 24.3 Å². The van der Waals surface area contributed by atoms with E-state index in [1.54, 1.807) is 13.1 Å². The van der Waals surface area contributed by atoms with Crippen LogP contribution in [0.25, 0.3) is 0 Å². The number of ether oxygens (including phenoxy) is 1. The highest BCUT2D eigenvalue weighted by atomic mass is 79.9. The highest BCUT2D eigenvalue weighted by molar-refractivity contribution is 9.10. The predicted octanol–water partition coefficient (Wildman–Crippen LogP) is 3.45. The first kappa shape index (κ1) is 14.7. The zero-order chi connectivity index (χ0) is 14.5. The first-order valence-corrected chi connectivity index (χ1v) is 7.31. The standard InChI is InChI=1S/C13H12BrN3O2S/c1-8-11(12(18)19-2)20-13(16-8)17-15-7-9-4-3-5-10(14)6-9/h3-7H,1-2H3,(H,16,17)/b15-7+. The summed E-state index contributed by atoms with van der Waals surface area (Å²) in [6.07, 6.45) is 1.68. The molecule has 5 nitrogen and oxygen atoms in total. The number of anilines is 1. The van der Waals surface area contributed by atoms with Gasteiger partial charge in [0.1, 0.15) is 4.88 Å². The van der Waals surface area contributed by atoms with Crippen LogP contribution in [0, 0.1) is 6.92 Å². The van der Waals surface area contributed by atoms with Crippen molar-refractivity contribution in [1.29, 1.82) is 0 Å². The molecule has 104 valence electrons. The third-order valence-electron chi connectivity index (χ3n) is 2.39. The van der Waals surface area contributed by atoms with Crippen LogP contribution >= 0.6 is 27.3 Å². The summed E-state index contributed by atoms with van der Waals surface area (Å²) in [5, 5.41) is 4.64. The molecule has 20 heavy (non-hydrogen) atoms. The highest BCUT2D eigenvalue weighted by Crippen LogP contribution is 2.23. The molecule has 0 amide bonds. The molecule has 7 heteroatoms. The van der Waals surface area contributed by atoms with Crippen molar-refractivity contribution < 1.29 is 9.53 Å². The molecule has 0 saturated heterocycles. The summed E-state index contributed by atoms with van der Waals surface area (Å²) in [5.41, 5.74) is 4.39.